The number of rotatable bonds is 6. The molecule has 0 aliphatic carbocycles. The standard InChI is InChI=1S/C13H24N4O3S/c1-6-7-16(11(4)5)13(18)17-9-14-12(15-17)21(19,20)8-10(2)3/h9-11H,6-8H2,1-5H3. The van der Waals surface area contributed by atoms with Crippen LogP contribution in [-0.2, 0) is 9.84 Å². The minimum Gasteiger partial charge on any atom is -0.320 e. The van der Waals surface area contributed by atoms with E-state index in [9.17, 15) is 13.2 Å². The Labute approximate surface area is 126 Å². The van der Waals surface area contributed by atoms with Crippen molar-refractivity contribution in [1.29, 1.82) is 0 Å². The van der Waals surface area contributed by atoms with Gasteiger partial charge in [0.25, 0.3) is 5.16 Å². The molecular weight excluding hydrogens is 292 g/mol. The molecule has 0 fully saturated rings. The highest BCUT2D eigenvalue weighted by atomic mass is 32.2. The van der Waals surface area contributed by atoms with E-state index in [0.717, 1.165) is 11.1 Å². The van der Waals surface area contributed by atoms with Crippen molar-refractivity contribution in [3.8, 4) is 0 Å². The molecule has 1 aromatic rings. The topological polar surface area (TPSA) is 85.2 Å². The van der Waals surface area contributed by atoms with Gasteiger partial charge in [-0.25, -0.2) is 18.2 Å². The van der Waals surface area contributed by atoms with Gasteiger partial charge in [-0.05, 0) is 26.2 Å². The van der Waals surface area contributed by atoms with E-state index in [4.69, 9.17) is 0 Å². The number of hydrogen-bond acceptors (Lipinski definition) is 5. The Morgan fingerprint density at radius 2 is 1.95 bits per heavy atom. The second-order valence-electron chi connectivity index (χ2n) is 5.72. The van der Waals surface area contributed by atoms with Crippen LogP contribution in [0.15, 0.2) is 11.5 Å². The maximum Gasteiger partial charge on any atom is 0.346 e. The SMILES string of the molecule is CCCN(C(=O)n1cnc(S(=O)(=O)CC(C)C)n1)C(C)C. The molecule has 0 aliphatic heterocycles. The summed E-state index contributed by atoms with van der Waals surface area (Å²) in [4.78, 5) is 17.7. The van der Waals surface area contributed by atoms with Crippen LogP contribution in [0.25, 0.3) is 0 Å². The molecule has 1 rings (SSSR count). The van der Waals surface area contributed by atoms with Crippen LogP contribution in [0.5, 0.6) is 0 Å². The number of aromatic nitrogens is 3. The zero-order valence-electron chi connectivity index (χ0n) is 13.3. The molecule has 0 bridgehead atoms. The van der Waals surface area contributed by atoms with E-state index in [1.165, 1.54) is 6.33 Å². The Morgan fingerprint density at radius 3 is 2.43 bits per heavy atom. The van der Waals surface area contributed by atoms with Gasteiger partial charge in [-0.3, -0.25) is 0 Å². The third kappa shape index (κ3) is 4.52. The fourth-order valence-corrected chi connectivity index (χ4v) is 3.39. The van der Waals surface area contributed by atoms with Crippen molar-refractivity contribution < 1.29 is 13.2 Å². The van der Waals surface area contributed by atoms with Gasteiger partial charge in [0.05, 0.1) is 5.75 Å². The number of hydrogen-bond donors (Lipinski definition) is 0. The molecule has 0 radical (unpaired) electrons. The van der Waals surface area contributed by atoms with Crippen molar-refractivity contribution in [2.24, 2.45) is 5.92 Å². The molecule has 0 saturated carbocycles. The molecule has 21 heavy (non-hydrogen) atoms. The van der Waals surface area contributed by atoms with Gasteiger partial charge < -0.3 is 4.90 Å². The summed E-state index contributed by atoms with van der Waals surface area (Å²) in [5.41, 5.74) is 0. The molecule has 1 heterocycles. The molecule has 7 nitrogen and oxygen atoms in total. The Bertz CT molecular complexity index is 578. The summed E-state index contributed by atoms with van der Waals surface area (Å²) < 4.78 is 25.1. The Hall–Kier alpha value is -1.44. The van der Waals surface area contributed by atoms with Crippen LogP contribution in [-0.4, -0.2) is 52.5 Å². The summed E-state index contributed by atoms with van der Waals surface area (Å²) in [6, 6.07) is -0.345. The number of nitrogens with zero attached hydrogens (tertiary/aromatic N) is 4. The molecule has 120 valence electrons. The molecule has 8 heteroatoms. The summed E-state index contributed by atoms with van der Waals surface area (Å²) in [5, 5.41) is 3.56. The zero-order chi connectivity index (χ0) is 16.2. The van der Waals surface area contributed by atoms with Crippen LogP contribution in [0.1, 0.15) is 41.0 Å². The molecule has 0 atom stereocenters. The van der Waals surface area contributed by atoms with Gasteiger partial charge in [0.2, 0.25) is 9.84 Å². The molecule has 0 unspecified atom stereocenters. The van der Waals surface area contributed by atoms with E-state index in [1.54, 1.807) is 18.7 Å². The smallest absolute Gasteiger partial charge is 0.320 e. The van der Waals surface area contributed by atoms with Gasteiger partial charge >= 0.3 is 6.03 Å². The second-order valence-corrected chi connectivity index (χ2v) is 7.64. The number of carbonyl (C=O) groups is 1. The molecule has 0 saturated heterocycles. The van der Waals surface area contributed by atoms with E-state index in [2.05, 4.69) is 10.1 Å². The van der Waals surface area contributed by atoms with Crippen molar-refractivity contribution in [3.05, 3.63) is 6.33 Å². The monoisotopic (exact) mass is 316 g/mol. The van der Waals surface area contributed by atoms with Gasteiger partial charge in [-0.2, -0.15) is 4.68 Å². The molecule has 1 aromatic heterocycles. The first kappa shape index (κ1) is 17.6. The van der Waals surface area contributed by atoms with Gasteiger partial charge in [-0.1, -0.05) is 20.8 Å². The van der Waals surface area contributed by atoms with Crippen molar-refractivity contribution in [3.63, 3.8) is 0 Å². The third-order valence-electron chi connectivity index (χ3n) is 2.83. The maximum absolute atomic E-state index is 12.3. The summed E-state index contributed by atoms with van der Waals surface area (Å²) in [5.74, 6) is -0.0569. The first-order valence-electron chi connectivity index (χ1n) is 7.14. The molecular formula is C13H24N4O3S. The third-order valence-corrected chi connectivity index (χ3v) is 4.68. The summed E-state index contributed by atoms with van der Waals surface area (Å²) >= 11 is 0. The van der Waals surface area contributed by atoms with Crippen LogP contribution in [0.4, 0.5) is 4.79 Å². The van der Waals surface area contributed by atoms with Gasteiger partial charge in [-0.15, -0.1) is 5.10 Å². The quantitative estimate of drug-likeness (QED) is 0.799. The first-order chi connectivity index (χ1) is 9.69. The van der Waals surface area contributed by atoms with Gasteiger partial charge in [0, 0.05) is 12.6 Å². The molecule has 0 spiro atoms. The second kappa shape index (κ2) is 7.02. The highest BCUT2D eigenvalue weighted by molar-refractivity contribution is 7.91. The van der Waals surface area contributed by atoms with Crippen molar-refractivity contribution in [2.75, 3.05) is 12.3 Å². The minimum absolute atomic E-state index is 0.0115. The average molecular weight is 316 g/mol. The van der Waals surface area contributed by atoms with Crippen LogP contribution in [0.3, 0.4) is 0 Å². The average Bonchev–Trinajstić information content (AvgIpc) is 2.83. The predicted molar refractivity (Wildman–Crippen MR) is 79.8 cm³/mol. The molecule has 0 aromatic carbocycles. The van der Waals surface area contributed by atoms with Gasteiger partial charge in [0.15, 0.2) is 0 Å². The van der Waals surface area contributed by atoms with E-state index in [1.807, 2.05) is 20.8 Å². The van der Waals surface area contributed by atoms with Crippen molar-refractivity contribution in [2.45, 2.75) is 52.2 Å². The fourth-order valence-electron chi connectivity index (χ4n) is 1.94. The Balaban J connectivity index is 3.00. The fraction of sp³-hybridized carbons (Fsp3) is 0.769. The molecule has 1 amide bonds. The molecule has 0 N–H and O–H groups in total. The first-order valence-corrected chi connectivity index (χ1v) is 8.79. The highest BCUT2D eigenvalue weighted by Gasteiger charge is 2.24. The Kier molecular flexibility index (Phi) is 5.88. The van der Waals surface area contributed by atoms with Gasteiger partial charge in [0.1, 0.15) is 6.33 Å². The lowest BCUT2D eigenvalue weighted by atomic mass is 10.3. The number of carbonyl (C=O) groups excluding carboxylic acids is 1. The predicted octanol–water partition coefficient (Wildman–Crippen LogP) is 1.80. The Morgan fingerprint density at radius 1 is 1.33 bits per heavy atom. The van der Waals surface area contributed by atoms with Crippen LogP contribution >= 0.6 is 0 Å². The van der Waals surface area contributed by atoms with Crippen molar-refractivity contribution in [1.82, 2.24) is 19.7 Å². The lowest BCUT2D eigenvalue weighted by molar-refractivity contribution is 0.181. The number of amides is 1. The van der Waals surface area contributed by atoms with Crippen LogP contribution in [0.2, 0.25) is 0 Å². The van der Waals surface area contributed by atoms with Crippen LogP contribution < -0.4 is 0 Å². The molecule has 0 aliphatic rings. The summed E-state index contributed by atoms with van der Waals surface area (Å²) in [6.45, 7) is 9.98. The highest BCUT2D eigenvalue weighted by Crippen LogP contribution is 2.10. The number of sulfone groups is 1. The minimum atomic E-state index is -3.54. The lowest BCUT2D eigenvalue weighted by Crippen LogP contribution is -2.40. The zero-order valence-corrected chi connectivity index (χ0v) is 14.1. The summed E-state index contributed by atoms with van der Waals surface area (Å²) in [6.07, 6.45) is 1.98. The van der Waals surface area contributed by atoms with E-state index in [-0.39, 0.29) is 28.9 Å². The maximum atomic E-state index is 12.3. The normalized spacial score (nSPS) is 12.1. The van der Waals surface area contributed by atoms with E-state index in [0.29, 0.717) is 6.54 Å². The van der Waals surface area contributed by atoms with Crippen molar-refractivity contribution >= 4 is 15.9 Å². The largest absolute Gasteiger partial charge is 0.346 e. The lowest BCUT2D eigenvalue weighted by Gasteiger charge is -2.25. The van der Waals surface area contributed by atoms with E-state index >= 15 is 0 Å². The summed E-state index contributed by atoms with van der Waals surface area (Å²) in [7, 11) is -3.54. The van der Waals surface area contributed by atoms with Crippen LogP contribution in [0, 0.1) is 5.92 Å². The van der Waals surface area contributed by atoms with E-state index < -0.39 is 9.84 Å².